The SMILES string of the molecule is CCCC(CN)C(=O)c1ccc(OC)cc1C. The van der Waals surface area contributed by atoms with Crippen LogP contribution in [0.3, 0.4) is 0 Å². The van der Waals surface area contributed by atoms with Gasteiger partial charge in [0.1, 0.15) is 5.75 Å². The molecule has 0 aliphatic heterocycles. The summed E-state index contributed by atoms with van der Waals surface area (Å²) in [6.45, 7) is 4.41. The lowest BCUT2D eigenvalue weighted by Crippen LogP contribution is -2.24. The summed E-state index contributed by atoms with van der Waals surface area (Å²) in [5.74, 6) is 0.862. The van der Waals surface area contributed by atoms with E-state index in [-0.39, 0.29) is 11.7 Å². The fraction of sp³-hybridized carbons (Fsp3) is 0.500. The molecule has 0 bridgehead atoms. The van der Waals surface area contributed by atoms with Crippen molar-refractivity contribution in [3.05, 3.63) is 29.3 Å². The van der Waals surface area contributed by atoms with E-state index in [4.69, 9.17) is 10.5 Å². The summed E-state index contributed by atoms with van der Waals surface area (Å²) in [6.07, 6.45) is 1.82. The molecule has 1 rings (SSSR count). The third kappa shape index (κ3) is 3.30. The smallest absolute Gasteiger partial charge is 0.167 e. The fourth-order valence-corrected chi connectivity index (χ4v) is 1.96. The van der Waals surface area contributed by atoms with Gasteiger partial charge < -0.3 is 10.5 Å². The van der Waals surface area contributed by atoms with E-state index in [9.17, 15) is 4.79 Å². The highest BCUT2D eigenvalue weighted by Crippen LogP contribution is 2.21. The normalized spacial score (nSPS) is 12.2. The zero-order chi connectivity index (χ0) is 12.8. The largest absolute Gasteiger partial charge is 0.497 e. The highest BCUT2D eigenvalue weighted by Gasteiger charge is 2.19. The highest BCUT2D eigenvalue weighted by molar-refractivity contribution is 5.99. The second kappa shape index (κ2) is 6.40. The van der Waals surface area contributed by atoms with Crippen LogP contribution in [0.5, 0.6) is 5.75 Å². The quantitative estimate of drug-likeness (QED) is 0.771. The first-order chi connectivity index (χ1) is 8.13. The number of hydrogen-bond donors (Lipinski definition) is 1. The zero-order valence-electron chi connectivity index (χ0n) is 10.8. The first-order valence-electron chi connectivity index (χ1n) is 6.03. The Hall–Kier alpha value is -1.35. The van der Waals surface area contributed by atoms with Gasteiger partial charge in [0.25, 0.3) is 0 Å². The number of Topliss-reactive ketones (excluding diaryl/α,β-unsaturated/α-hetero) is 1. The standard InChI is InChI=1S/C14H21NO2/c1-4-5-11(9-15)14(16)13-7-6-12(17-3)8-10(13)2/h6-8,11H,4-5,9,15H2,1-3H3. The number of rotatable bonds is 6. The number of carbonyl (C=O) groups excluding carboxylic acids is 1. The molecule has 17 heavy (non-hydrogen) atoms. The first-order valence-corrected chi connectivity index (χ1v) is 6.03. The summed E-state index contributed by atoms with van der Waals surface area (Å²) in [5, 5.41) is 0. The zero-order valence-corrected chi connectivity index (χ0v) is 10.8. The van der Waals surface area contributed by atoms with Crippen molar-refractivity contribution in [2.24, 2.45) is 11.7 Å². The summed E-state index contributed by atoms with van der Waals surface area (Å²) in [7, 11) is 1.62. The third-order valence-corrected chi connectivity index (χ3v) is 2.99. The summed E-state index contributed by atoms with van der Waals surface area (Å²) < 4.78 is 5.13. The van der Waals surface area contributed by atoms with Crippen molar-refractivity contribution >= 4 is 5.78 Å². The van der Waals surface area contributed by atoms with Crippen molar-refractivity contribution in [1.29, 1.82) is 0 Å². The maximum atomic E-state index is 12.3. The van der Waals surface area contributed by atoms with Crippen LogP contribution in [0, 0.1) is 12.8 Å². The average Bonchev–Trinajstić information content (AvgIpc) is 2.35. The molecular formula is C14H21NO2. The number of carbonyl (C=O) groups is 1. The van der Waals surface area contributed by atoms with E-state index in [1.807, 2.05) is 25.1 Å². The molecule has 0 heterocycles. The lowest BCUT2D eigenvalue weighted by Gasteiger charge is -2.14. The molecule has 3 nitrogen and oxygen atoms in total. The Morgan fingerprint density at radius 1 is 1.47 bits per heavy atom. The molecule has 0 spiro atoms. The van der Waals surface area contributed by atoms with E-state index in [1.54, 1.807) is 7.11 Å². The number of nitrogens with two attached hydrogens (primary N) is 1. The number of methoxy groups -OCH3 is 1. The Labute approximate surface area is 103 Å². The molecule has 0 amide bonds. The molecule has 0 aliphatic carbocycles. The Morgan fingerprint density at radius 3 is 2.65 bits per heavy atom. The van der Waals surface area contributed by atoms with E-state index >= 15 is 0 Å². The topological polar surface area (TPSA) is 52.3 Å². The van der Waals surface area contributed by atoms with Crippen molar-refractivity contribution in [3.8, 4) is 5.75 Å². The molecule has 1 unspecified atom stereocenters. The van der Waals surface area contributed by atoms with Crippen LogP contribution in [0.15, 0.2) is 18.2 Å². The van der Waals surface area contributed by atoms with E-state index in [1.165, 1.54) is 0 Å². The molecule has 0 fully saturated rings. The maximum Gasteiger partial charge on any atom is 0.167 e. The van der Waals surface area contributed by atoms with Crippen LogP contribution in [0.2, 0.25) is 0 Å². The highest BCUT2D eigenvalue weighted by atomic mass is 16.5. The third-order valence-electron chi connectivity index (χ3n) is 2.99. The Balaban J connectivity index is 2.95. The van der Waals surface area contributed by atoms with Crippen molar-refractivity contribution in [2.45, 2.75) is 26.7 Å². The molecule has 1 aromatic carbocycles. The molecule has 2 N–H and O–H groups in total. The minimum Gasteiger partial charge on any atom is -0.497 e. The van der Waals surface area contributed by atoms with Crippen LogP contribution in [0.1, 0.15) is 35.7 Å². The molecule has 0 aliphatic rings. The van der Waals surface area contributed by atoms with Crippen molar-refractivity contribution in [3.63, 3.8) is 0 Å². The molecule has 0 aromatic heterocycles. The molecule has 0 radical (unpaired) electrons. The number of ketones is 1. The minimum absolute atomic E-state index is 0.0629. The van der Waals surface area contributed by atoms with Gasteiger partial charge >= 0.3 is 0 Å². The van der Waals surface area contributed by atoms with Gasteiger partial charge in [-0.25, -0.2) is 0 Å². The molecule has 94 valence electrons. The first kappa shape index (κ1) is 13.7. The number of aryl methyl sites for hydroxylation is 1. The molecule has 1 aromatic rings. The van der Waals surface area contributed by atoms with Gasteiger partial charge in [0.2, 0.25) is 0 Å². The predicted molar refractivity (Wildman–Crippen MR) is 69.5 cm³/mol. The molecule has 1 atom stereocenters. The Morgan fingerprint density at radius 2 is 2.18 bits per heavy atom. The summed E-state index contributed by atoms with van der Waals surface area (Å²) in [6, 6.07) is 5.53. The predicted octanol–water partition coefficient (Wildman–Crippen LogP) is 2.56. The van der Waals surface area contributed by atoms with Crippen molar-refractivity contribution in [2.75, 3.05) is 13.7 Å². The summed E-state index contributed by atoms with van der Waals surface area (Å²) in [5.41, 5.74) is 7.36. The lowest BCUT2D eigenvalue weighted by atomic mass is 9.91. The number of ether oxygens (including phenoxy) is 1. The van der Waals surface area contributed by atoms with Gasteiger partial charge in [0.05, 0.1) is 7.11 Å². The monoisotopic (exact) mass is 235 g/mol. The number of benzene rings is 1. The van der Waals surface area contributed by atoms with E-state index in [0.29, 0.717) is 6.54 Å². The summed E-state index contributed by atoms with van der Waals surface area (Å²) >= 11 is 0. The molecule has 0 saturated heterocycles. The van der Waals surface area contributed by atoms with Crippen LogP contribution in [-0.4, -0.2) is 19.4 Å². The average molecular weight is 235 g/mol. The van der Waals surface area contributed by atoms with Gasteiger partial charge in [-0.3, -0.25) is 4.79 Å². The molecule has 0 saturated carbocycles. The van der Waals surface area contributed by atoms with Gasteiger partial charge in [-0.15, -0.1) is 0 Å². The molecular weight excluding hydrogens is 214 g/mol. The van der Waals surface area contributed by atoms with Gasteiger partial charge in [-0.05, 0) is 37.1 Å². The summed E-state index contributed by atoms with van der Waals surface area (Å²) in [4.78, 5) is 12.3. The van der Waals surface area contributed by atoms with Crippen molar-refractivity contribution in [1.82, 2.24) is 0 Å². The second-order valence-electron chi connectivity index (χ2n) is 4.27. The fourth-order valence-electron chi connectivity index (χ4n) is 1.96. The Kier molecular flexibility index (Phi) is 5.16. The Bertz CT molecular complexity index is 388. The number of hydrogen-bond acceptors (Lipinski definition) is 3. The van der Waals surface area contributed by atoms with Crippen LogP contribution >= 0.6 is 0 Å². The molecule has 3 heteroatoms. The minimum atomic E-state index is -0.0629. The van der Waals surface area contributed by atoms with Crippen LogP contribution in [0.4, 0.5) is 0 Å². The van der Waals surface area contributed by atoms with Gasteiger partial charge in [-0.1, -0.05) is 13.3 Å². The van der Waals surface area contributed by atoms with E-state index in [0.717, 1.165) is 29.7 Å². The van der Waals surface area contributed by atoms with Gasteiger partial charge in [0, 0.05) is 18.0 Å². The van der Waals surface area contributed by atoms with E-state index < -0.39 is 0 Å². The second-order valence-corrected chi connectivity index (χ2v) is 4.27. The van der Waals surface area contributed by atoms with E-state index in [2.05, 4.69) is 6.92 Å². The van der Waals surface area contributed by atoms with Gasteiger partial charge in [0.15, 0.2) is 5.78 Å². The van der Waals surface area contributed by atoms with Crippen LogP contribution in [-0.2, 0) is 0 Å². The van der Waals surface area contributed by atoms with Crippen LogP contribution in [0.25, 0.3) is 0 Å². The lowest BCUT2D eigenvalue weighted by molar-refractivity contribution is 0.0917. The van der Waals surface area contributed by atoms with Crippen LogP contribution < -0.4 is 10.5 Å². The van der Waals surface area contributed by atoms with Gasteiger partial charge in [-0.2, -0.15) is 0 Å². The maximum absolute atomic E-state index is 12.3. The van der Waals surface area contributed by atoms with Crippen molar-refractivity contribution < 1.29 is 9.53 Å².